The molecule has 1 saturated heterocycles. The lowest BCUT2D eigenvalue weighted by atomic mass is 9.76. The van der Waals surface area contributed by atoms with Crippen LogP contribution >= 0.6 is 0 Å². The van der Waals surface area contributed by atoms with Gasteiger partial charge in [-0.2, -0.15) is 0 Å². The molecule has 0 N–H and O–H groups in total. The van der Waals surface area contributed by atoms with Crippen LogP contribution in [0.15, 0.2) is 30.3 Å². The number of rotatable bonds is 2. The maximum Gasteiger partial charge on any atom is 0.168 e. The van der Waals surface area contributed by atoms with Crippen LogP contribution in [0, 0.1) is 5.41 Å². The van der Waals surface area contributed by atoms with Crippen molar-refractivity contribution in [3.8, 4) is 0 Å². The summed E-state index contributed by atoms with van der Waals surface area (Å²) in [5.74, 6) is -0.137. The maximum absolute atomic E-state index is 12.6. The van der Waals surface area contributed by atoms with Crippen LogP contribution < -0.4 is 0 Å². The van der Waals surface area contributed by atoms with Crippen molar-refractivity contribution < 1.29 is 14.3 Å². The van der Waals surface area contributed by atoms with Crippen molar-refractivity contribution in [2.75, 3.05) is 13.2 Å². The van der Waals surface area contributed by atoms with Crippen LogP contribution in [0.25, 0.3) is 0 Å². The molecule has 0 radical (unpaired) electrons. The first-order valence-corrected chi connectivity index (χ1v) is 7.47. The van der Waals surface area contributed by atoms with Crippen molar-refractivity contribution in [2.45, 2.75) is 44.8 Å². The summed E-state index contributed by atoms with van der Waals surface area (Å²) in [6.45, 7) is 3.41. The van der Waals surface area contributed by atoms with Crippen molar-refractivity contribution in [1.29, 1.82) is 0 Å². The van der Waals surface area contributed by atoms with Crippen LogP contribution in [0.5, 0.6) is 0 Å². The summed E-state index contributed by atoms with van der Waals surface area (Å²) < 4.78 is 11.6. The van der Waals surface area contributed by atoms with Gasteiger partial charge in [0.2, 0.25) is 0 Å². The molecule has 1 aliphatic carbocycles. The molecule has 1 aromatic carbocycles. The van der Waals surface area contributed by atoms with Crippen molar-refractivity contribution in [1.82, 2.24) is 0 Å². The van der Waals surface area contributed by atoms with Crippen LogP contribution in [0.4, 0.5) is 0 Å². The Balaban J connectivity index is 1.76. The van der Waals surface area contributed by atoms with E-state index in [1.165, 1.54) is 5.56 Å². The van der Waals surface area contributed by atoms with Gasteiger partial charge in [0.05, 0.1) is 13.2 Å². The zero-order valence-corrected chi connectivity index (χ0v) is 12.1. The Kier molecular flexibility index (Phi) is 3.65. The van der Waals surface area contributed by atoms with Crippen molar-refractivity contribution in [3.63, 3.8) is 0 Å². The van der Waals surface area contributed by atoms with E-state index in [4.69, 9.17) is 9.47 Å². The summed E-state index contributed by atoms with van der Waals surface area (Å²) >= 11 is 0. The molecule has 0 bridgehead atoms. The Hall–Kier alpha value is -1.19. The number of ether oxygens (including phenoxy) is 2. The van der Waals surface area contributed by atoms with Gasteiger partial charge in [-0.15, -0.1) is 0 Å². The first-order chi connectivity index (χ1) is 9.62. The molecular weight excluding hydrogens is 252 g/mol. The number of ketones is 1. The van der Waals surface area contributed by atoms with Crippen molar-refractivity contribution in [3.05, 3.63) is 35.9 Å². The molecule has 1 unspecified atom stereocenters. The molecule has 1 spiro atoms. The second-order valence-corrected chi connectivity index (χ2v) is 6.25. The Morgan fingerprint density at radius 2 is 1.75 bits per heavy atom. The van der Waals surface area contributed by atoms with Gasteiger partial charge in [-0.3, -0.25) is 4.79 Å². The highest BCUT2D eigenvalue weighted by Crippen LogP contribution is 2.42. The fraction of sp³-hybridized carbons (Fsp3) is 0.588. The molecular formula is C17H22O3. The Morgan fingerprint density at radius 3 is 2.45 bits per heavy atom. The van der Waals surface area contributed by atoms with Gasteiger partial charge in [0.1, 0.15) is 5.78 Å². The molecule has 2 fully saturated rings. The Bertz CT molecular complexity index is 476. The zero-order valence-electron chi connectivity index (χ0n) is 12.1. The molecule has 3 nitrogen and oxygen atoms in total. The molecule has 0 amide bonds. The SMILES string of the molecule is CC1(Cc2ccccc2)CCC2(CCC1=O)OCCO2. The number of hydrogen-bond donors (Lipinski definition) is 0. The third-order valence-electron chi connectivity index (χ3n) is 4.71. The fourth-order valence-corrected chi connectivity index (χ4v) is 3.36. The van der Waals surface area contributed by atoms with Crippen LogP contribution in [0.2, 0.25) is 0 Å². The Morgan fingerprint density at radius 1 is 1.05 bits per heavy atom. The van der Waals surface area contributed by atoms with Gasteiger partial charge in [-0.1, -0.05) is 37.3 Å². The van der Waals surface area contributed by atoms with Gasteiger partial charge in [0, 0.05) is 24.7 Å². The summed E-state index contributed by atoms with van der Waals surface area (Å²) in [7, 11) is 0. The van der Waals surface area contributed by atoms with E-state index >= 15 is 0 Å². The van der Waals surface area contributed by atoms with Gasteiger partial charge >= 0.3 is 0 Å². The summed E-state index contributed by atoms with van der Waals surface area (Å²) in [6, 6.07) is 10.3. The largest absolute Gasteiger partial charge is 0.348 e. The lowest BCUT2D eigenvalue weighted by Crippen LogP contribution is -2.30. The molecule has 2 aliphatic rings. The van der Waals surface area contributed by atoms with Crippen LogP contribution in [-0.2, 0) is 20.7 Å². The second kappa shape index (κ2) is 5.30. The quantitative estimate of drug-likeness (QED) is 0.831. The van der Waals surface area contributed by atoms with Gasteiger partial charge in [-0.05, 0) is 18.4 Å². The molecule has 108 valence electrons. The minimum absolute atomic E-state index is 0.292. The predicted molar refractivity (Wildman–Crippen MR) is 76.4 cm³/mol. The molecule has 1 saturated carbocycles. The number of carbonyl (C=O) groups excluding carboxylic acids is 1. The van der Waals surface area contributed by atoms with E-state index in [2.05, 4.69) is 19.1 Å². The smallest absolute Gasteiger partial charge is 0.168 e. The number of carbonyl (C=O) groups is 1. The van der Waals surface area contributed by atoms with Gasteiger partial charge in [0.25, 0.3) is 0 Å². The van der Waals surface area contributed by atoms with Gasteiger partial charge < -0.3 is 9.47 Å². The molecule has 20 heavy (non-hydrogen) atoms. The average molecular weight is 274 g/mol. The third kappa shape index (κ3) is 2.65. The monoisotopic (exact) mass is 274 g/mol. The zero-order chi connectivity index (χ0) is 14.1. The molecule has 1 atom stereocenters. The minimum Gasteiger partial charge on any atom is -0.348 e. The highest BCUT2D eigenvalue weighted by atomic mass is 16.7. The second-order valence-electron chi connectivity index (χ2n) is 6.25. The highest BCUT2D eigenvalue weighted by Gasteiger charge is 2.45. The first-order valence-electron chi connectivity index (χ1n) is 7.47. The molecule has 1 aromatic rings. The molecule has 0 aromatic heterocycles. The molecule has 1 aliphatic heterocycles. The predicted octanol–water partition coefficient (Wildman–Crippen LogP) is 3.12. The number of benzene rings is 1. The van der Waals surface area contributed by atoms with E-state index in [0.29, 0.717) is 31.8 Å². The average Bonchev–Trinajstić information content (AvgIpc) is 2.89. The third-order valence-corrected chi connectivity index (χ3v) is 4.71. The van der Waals surface area contributed by atoms with Crippen molar-refractivity contribution in [2.24, 2.45) is 5.41 Å². The summed E-state index contributed by atoms with van der Waals surface area (Å²) in [4.78, 5) is 12.6. The minimum atomic E-state index is -0.482. The lowest BCUT2D eigenvalue weighted by Gasteiger charge is -2.28. The van der Waals surface area contributed by atoms with E-state index in [-0.39, 0.29) is 5.41 Å². The number of Topliss-reactive ketones (excluding diaryl/α,β-unsaturated/α-hetero) is 1. The lowest BCUT2D eigenvalue weighted by molar-refractivity contribution is -0.166. The number of hydrogen-bond acceptors (Lipinski definition) is 3. The van der Waals surface area contributed by atoms with E-state index in [9.17, 15) is 4.79 Å². The van der Waals surface area contributed by atoms with Gasteiger partial charge in [0.15, 0.2) is 5.79 Å². The highest BCUT2D eigenvalue weighted by molar-refractivity contribution is 5.85. The normalized spacial score (nSPS) is 29.6. The first kappa shape index (κ1) is 13.8. The van der Waals surface area contributed by atoms with Crippen LogP contribution in [0.3, 0.4) is 0 Å². The summed E-state index contributed by atoms with van der Waals surface area (Å²) in [6.07, 6.45) is 3.73. The fourth-order valence-electron chi connectivity index (χ4n) is 3.36. The standard InChI is InChI=1S/C17H22O3/c1-16(13-14-5-3-2-4-6-14)9-10-17(8-7-15(16)18)19-11-12-20-17/h2-6H,7-13H2,1H3. The summed E-state index contributed by atoms with van der Waals surface area (Å²) in [5.41, 5.74) is 0.938. The van der Waals surface area contributed by atoms with E-state index in [1.807, 2.05) is 18.2 Å². The summed E-state index contributed by atoms with van der Waals surface area (Å²) in [5, 5.41) is 0. The van der Waals surface area contributed by atoms with E-state index in [1.54, 1.807) is 0 Å². The molecule has 3 heteroatoms. The van der Waals surface area contributed by atoms with Gasteiger partial charge in [-0.25, -0.2) is 0 Å². The molecule has 1 heterocycles. The van der Waals surface area contributed by atoms with Crippen molar-refractivity contribution >= 4 is 5.78 Å². The Labute approximate surface area is 120 Å². The topological polar surface area (TPSA) is 35.5 Å². The molecule has 3 rings (SSSR count). The van der Waals surface area contributed by atoms with E-state index < -0.39 is 5.79 Å². The van der Waals surface area contributed by atoms with Crippen LogP contribution in [0.1, 0.15) is 38.2 Å². The van der Waals surface area contributed by atoms with Crippen LogP contribution in [-0.4, -0.2) is 24.8 Å². The van der Waals surface area contributed by atoms with E-state index in [0.717, 1.165) is 19.3 Å². The maximum atomic E-state index is 12.6.